The van der Waals surface area contributed by atoms with Gasteiger partial charge in [-0.1, -0.05) is 11.6 Å². The molecule has 0 aliphatic heterocycles. The first-order chi connectivity index (χ1) is 9.26. The van der Waals surface area contributed by atoms with Crippen molar-refractivity contribution in [1.29, 1.82) is 0 Å². The molecule has 0 bridgehead atoms. The van der Waals surface area contributed by atoms with Crippen molar-refractivity contribution in [2.75, 3.05) is 20.6 Å². The van der Waals surface area contributed by atoms with Crippen LogP contribution in [0.4, 0.5) is 0 Å². The van der Waals surface area contributed by atoms with Crippen molar-refractivity contribution in [3.63, 3.8) is 0 Å². The molecule has 7 heteroatoms. The van der Waals surface area contributed by atoms with Crippen molar-refractivity contribution in [2.24, 2.45) is 0 Å². The minimum atomic E-state index is -3.60. The maximum Gasteiger partial charge on any atom is 0.240 e. The molecule has 0 saturated carbocycles. The van der Waals surface area contributed by atoms with Crippen molar-refractivity contribution >= 4 is 21.6 Å². The first kappa shape index (κ1) is 17.4. The van der Waals surface area contributed by atoms with E-state index in [4.69, 9.17) is 16.7 Å². The average molecular weight is 321 g/mol. The molecule has 2 N–H and O–H groups in total. The van der Waals surface area contributed by atoms with Crippen molar-refractivity contribution in [1.82, 2.24) is 9.62 Å². The highest BCUT2D eigenvalue weighted by molar-refractivity contribution is 7.89. The Labute approximate surface area is 125 Å². The summed E-state index contributed by atoms with van der Waals surface area (Å²) < 4.78 is 27.1. The van der Waals surface area contributed by atoms with Gasteiger partial charge in [0.1, 0.15) is 0 Å². The first-order valence-electron chi connectivity index (χ1n) is 6.32. The van der Waals surface area contributed by atoms with Crippen LogP contribution in [0.15, 0.2) is 23.1 Å². The molecular weight excluding hydrogens is 300 g/mol. The predicted molar refractivity (Wildman–Crippen MR) is 80.3 cm³/mol. The van der Waals surface area contributed by atoms with Gasteiger partial charge < -0.3 is 10.0 Å². The van der Waals surface area contributed by atoms with E-state index in [2.05, 4.69) is 4.72 Å². The van der Waals surface area contributed by atoms with Gasteiger partial charge in [-0.25, -0.2) is 13.1 Å². The summed E-state index contributed by atoms with van der Waals surface area (Å²) in [6.45, 7) is 2.33. The molecule has 0 amide bonds. The number of rotatable bonds is 7. The number of aliphatic hydroxyl groups is 1. The predicted octanol–water partition coefficient (Wildman–Crippen LogP) is 1.45. The molecule has 1 rings (SSSR count). The summed E-state index contributed by atoms with van der Waals surface area (Å²) in [5.74, 6) is 0. The van der Waals surface area contributed by atoms with Crippen LogP contribution in [0.25, 0.3) is 0 Å². The molecule has 1 aromatic carbocycles. The lowest BCUT2D eigenvalue weighted by atomic mass is 10.2. The summed E-state index contributed by atoms with van der Waals surface area (Å²) in [4.78, 5) is 2.11. The van der Waals surface area contributed by atoms with E-state index in [9.17, 15) is 8.42 Å². The quantitative estimate of drug-likeness (QED) is 0.798. The maximum atomic E-state index is 12.2. The van der Waals surface area contributed by atoms with Crippen LogP contribution in [-0.4, -0.2) is 45.1 Å². The summed E-state index contributed by atoms with van der Waals surface area (Å²) in [6, 6.07) is 4.13. The minimum absolute atomic E-state index is 0.114. The third-order valence-electron chi connectivity index (χ3n) is 2.86. The molecule has 1 unspecified atom stereocenters. The normalized spacial score (nSPS) is 13.7. The lowest BCUT2D eigenvalue weighted by molar-refractivity contribution is 0.281. The highest BCUT2D eigenvalue weighted by atomic mass is 35.5. The van der Waals surface area contributed by atoms with E-state index in [1.807, 2.05) is 25.9 Å². The second kappa shape index (κ2) is 7.38. The summed E-state index contributed by atoms with van der Waals surface area (Å²) in [5.41, 5.74) is 0.399. The van der Waals surface area contributed by atoms with Gasteiger partial charge in [-0.3, -0.25) is 0 Å². The highest BCUT2D eigenvalue weighted by Crippen LogP contribution is 2.20. The van der Waals surface area contributed by atoms with Gasteiger partial charge in [-0.05, 0) is 57.7 Å². The van der Waals surface area contributed by atoms with Gasteiger partial charge in [-0.15, -0.1) is 0 Å². The number of hydrogen-bond donors (Lipinski definition) is 2. The van der Waals surface area contributed by atoms with Gasteiger partial charge in [0.15, 0.2) is 0 Å². The zero-order chi connectivity index (χ0) is 15.3. The highest BCUT2D eigenvalue weighted by Gasteiger charge is 2.18. The molecule has 20 heavy (non-hydrogen) atoms. The standard InChI is InChI=1S/C13H21ClN2O3S/c1-10(6-7-16(2)3)15-20(18,19)12-4-5-13(14)11(8-12)9-17/h4-5,8,10,15,17H,6-7,9H2,1-3H3. The number of nitrogens with one attached hydrogen (secondary N) is 1. The molecule has 0 aromatic heterocycles. The van der Waals surface area contributed by atoms with E-state index >= 15 is 0 Å². The number of nitrogens with zero attached hydrogens (tertiary/aromatic N) is 1. The maximum absolute atomic E-state index is 12.2. The van der Waals surface area contributed by atoms with E-state index in [1.54, 1.807) is 0 Å². The minimum Gasteiger partial charge on any atom is -0.392 e. The topological polar surface area (TPSA) is 69.6 Å². The van der Waals surface area contributed by atoms with E-state index in [0.29, 0.717) is 17.0 Å². The summed E-state index contributed by atoms with van der Waals surface area (Å²) in [6.07, 6.45) is 0.715. The molecule has 1 atom stereocenters. The molecule has 0 spiro atoms. The van der Waals surface area contributed by atoms with Crippen LogP contribution in [0.3, 0.4) is 0 Å². The fourth-order valence-corrected chi connectivity index (χ4v) is 3.19. The smallest absolute Gasteiger partial charge is 0.240 e. The molecule has 0 fully saturated rings. The van der Waals surface area contributed by atoms with Crippen LogP contribution >= 0.6 is 11.6 Å². The molecular formula is C13H21ClN2O3S. The summed E-state index contributed by atoms with van der Waals surface area (Å²) in [5, 5.41) is 9.48. The van der Waals surface area contributed by atoms with Crippen LogP contribution < -0.4 is 4.72 Å². The van der Waals surface area contributed by atoms with Gasteiger partial charge in [0.2, 0.25) is 10.0 Å². The fourth-order valence-electron chi connectivity index (χ4n) is 1.68. The largest absolute Gasteiger partial charge is 0.392 e. The van der Waals surface area contributed by atoms with Crippen LogP contribution in [0.1, 0.15) is 18.9 Å². The Morgan fingerprint density at radius 1 is 1.40 bits per heavy atom. The van der Waals surface area contributed by atoms with E-state index < -0.39 is 10.0 Å². The third-order valence-corrected chi connectivity index (χ3v) is 4.82. The Balaban J connectivity index is 2.83. The Bertz CT molecular complexity index is 547. The molecule has 0 radical (unpaired) electrons. The SMILES string of the molecule is CC(CCN(C)C)NS(=O)(=O)c1ccc(Cl)c(CO)c1. The molecule has 0 aliphatic carbocycles. The summed E-state index contributed by atoms with van der Waals surface area (Å²) >= 11 is 5.86. The average Bonchev–Trinajstić information content (AvgIpc) is 2.36. The lowest BCUT2D eigenvalue weighted by Gasteiger charge is -2.17. The summed E-state index contributed by atoms with van der Waals surface area (Å²) in [7, 11) is 0.282. The lowest BCUT2D eigenvalue weighted by Crippen LogP contribution is -2.34. The van der Waals surface area contributed by atoms with Crippen molar-refractivity contribution in [3.05, 3.63) is 28.8 Å². The van der Waals surface area contributed by atoms with Crippen LogP contribution in [-0.2, 0) is 16.6 Å². The second-order valence-electron chi connectivity index (χ2n) is 5.03. The molecule has 5 nitrogen and oxygen atoms in total. The van der Waals surface area contributed by atoms with E-state index in [-0.39, 0.29) is 17.5 Å². The van der Waals surface area contributed by atoms with Gasteiger partial charge >= 0.3 is 0 Å². The van der Waals surface area contributed by atoms with E-state index in [1.165, 1.54) is 18.2 Å². The Hall–Kier alpha value is -0.660. The van der Waals surface area contributed by atoms with Gasteiger partial charge in [0, 0.05) is 11.1 Å². The molecule has 0 aliphatic rings. The Kier molecular flexibility index (Phi) is 6.42. The fraction of sp³-hybridized carbons (Fsp3) is 0.538. The van der Waals surface area contributed by atoms with Crippen molar-refractivity contribution in [2.45, 2.75) is 30.9 Å². The van der Waals surface area contributed by atoms with Crippen molar-refractivity contribution < 1.29 is 13.5 Å². The second-order valence-corrected chi connectivity index (χ2v) is 7.15. The van der Waals surface area contributed by atoms with Crippen LogP contribution in [0.5, 0.6) is 0 Å². The van der Waals surface area contributed by atoms with Crippen LogP contribution in [0, 0.1) is 0 Å². The monoisotopic (exact) mass is 320 g/mol. The van der Waals surface area contributed by atoms with Gasteiger partial charge in [0.05, 0.1) is 11.5 Å². The zero-order valence-corrected chi connectivity index (χ0v) is 13.5. The Morgan fingerprint density at radius 2 is 2.05 bits per heavy atom. The molecule has 114 valence electrons. The van der Waals surface area contributed by atoms with Gasteiger partial charge in [-0.2, -0.15) is 0 Å². The number of aliphatic hydroxyl groups excluding tert-OH is 1. The number of hydrogen-bond acceptors (Lipinski definition) is 4. The number of benzene rings is 1. The molecule has 0 heterocycles. The van der Waals surface area contributed by atoms with Crippen molar-refractivity contribution in [3.8, 4) is 0 Å². The van der Waals surface area contributed by atoms with E-state index in [0.717, 1.165) is 6.54 Å². The number of halogens is 1. The van der Waals surface area contributed by atoms with Crippen LogP contribution in [0.2, 0.25) is 5.02 Å². The molecule has 1 aromatic rings. The number of sulfonamides is 1. The third kappa shape index (κ3) is 5.03. The Morgan fingerprint density at radius 3 is 2.60 bits per heavy atom. The first-order valence-corrected chi connectivity index (χ1v) is 8.18. The van der Waals surface area contributed by atoms with Gasteiger partial charge in [0.25, 0.3) is 0 Å². The zero-order valence-electron chi connectivity index (χ0n) is 11.9. The molecule has 0 saturated heterocycles.